The van der Waals surface area contributed by atoms with Crippen molar-refractivity contribution in [1.82, 2.24) is 15.0 Å². The van der Waals surface area contributed by atoms with Crippen LogP contribution in [0.5, 0.6) is 5.75 Å². The standard InChI is InChI=1S/C30H20I3N3O3S/c1-2-38-26(37)15-39-17-5-3-16(4-6-17)27-18-7-8-19(34-18)28(31)20-9-10-21(35-20)29(32)22-11-12-23(36-22)30(33)25-14-13-24(27)40-25/h3-14,34H,2,15H2,1H3. The lowest BCUT2D eigenvalue weighted by molar-refractivity contribution is -0.145. The van der Waals surface area contributed by atoms with Gasteiger partial charge in [0.15, 0.2) is 6.61 Å². The van der Waals surface area contributed by atoms with Crippen LogP contribution in [0.1, 0.15) is 29.7 Å². The number of halogens is 3. The molecule has 1 aromatic carbocycles. The molecule has 6 rings (SSSR count). The first-order valence-corrected chi connectivity index (χ1v) is 16.4. The Bertz CT molecular complexity index is 1770. The third-order valence-electron chi connectivity index (χ3n) is 6.25. The van der Waals surface area contributed by atoms with Crippen LogP contribution < -0.4 is 4.74 Å². The van der Waals surface area contributed by atoms with E-state index < -0.39 is 0 Å². The van der Waals surface area contributed by atoms with Crippen LogP contribution in [0.4, 0.5) is 0 Å². The zero-order valence-corrected chi connectivity index (χ0v) is 28.3. The molecule has 2 aliphatic rings. The summed E-state index contributed by atoms with van der Waals surface area (Å²) in [5, 5.41) is 0. The smallest absolute Gasteiger partial charge is 0.344 e. The average Bonchev–Trinajstić information content (AvgIpc) is 3.79. The molecule has 5 heterocycles. The zero-order chi connectivity index (χ0) is 27.8. The van der Waals surface area contributed by atoms with Crippen LogP contribution in [-0.2, 0) is 9.53 Å². The van der Waals surface area contributed by atoms with E-state index in [2.05, 4.69) is 121 Å². The highest BCUT2D eigenvalue weighted by Crippen LogP contribution is 2.36. The van der Waals surface area contributed by atoms with Crippen LogP contribution in [0.3, 0.4) is 0 Å². The molecule has 0 unspecified atom stereocenters. The number of esters is 1. The summed E-state index contributed by atoms with van der Waals surface area (Å²) in [6, 6.07) is 16.3. The fourth-order valence-electron chi connectivity index (χ4n) is 4.36. The van der Waals surface area contributed by atoms with Crippen molar-refractivity contribution >= 4 is 130 Å². The summed E-state index contributed by atoms with van der Waals surface area (Å²) in [6.45, 7) is 1.99. The Morgan fingerprint density at radius 3 is 2.05 bits per heavy atom. The lowest BCUT2D eigenvalue weighted by Crippen LogP contribution is -2.14. The van der Waals surface area contributed by atoms with Crippen LogP contribution >= 0.6 is 79.1 Å². The van der Waals surface area contributed by atoms with Crippen molar-refractivity contribution in [2.75, 3.05) is 13.2 Å². The maximum Gasteiger partial charge on any atom is 0.344 e. The Labute approximate surface area is 275 Å². The van der Waals surface area contributed by atoms with E-state index in [4.69, 9.17) is 19.4 Å². The van der Waals surface area contributed by atoms with E-state index in [0.29, 0.717) is 12.4 Å². The van der Waals surface area contributed by atoms with Gasteiger partial charge in [0.25, 0.3) is 0 Å². The highest BCUT2D eigenvalue weighted by atomic mass is 127. The minimum absolute atomic E-state index is 0.119. The fraction of sp³-hybridized carbons (Fsp3) is 0.100. The molecule has 0 spiro atoms. The number of thiophene rings is 1. The van der Waals surface area contributed by atoms with Gasteiger partial charge in [-0.05, 0) is 141 Å². The molecule has 0 fully saturated rings. The molecule has 0 aliphatic carbocycles. The number of hydrogen-bond acceptors (Lipinski definition) is 6. The molecular weight excluding hydrogens is 863 g/mol. The number of carbonyl (C=O) groups is 1. The third-order valence-corrected chi connectivity index (χ3v) is 11.1. The lowest BCUT2D eigenvalue weighted by Gasteiger charge is -2.07. The summed E-state index contributed by atoms with van der Waals surface area (Å²) >= 11 is 8.82. The van der Waals surface area contributed by atoms with Gasteiger partial charge in [-0.2, -0.15) is 0 Å². The minimum Gasteiger partial charge on any atom is -0.482 e. The highest BCUT2D eigenvalue weighted by molar-refractivity contribution is 14.1. The van der Waals surface area contributed by atoms with E-state index in [1.54, 1.807) is 18.3 Å². The minimum atomic E-state index is -0.384. The molecule has 0 radical (unpaired) electrons. The van der Waals surface area contributed by atoms with Gasteiger partial charge in [0.1, 0.15) is 5.75 Å². The molecule has 0 saturated carbocycles. The molecule has 10 heteroatoms. The van der Waals surface area contributed by atoms with Crippen LogP contribution in [0, 0.1) is 10.7 Å². The molecule has 200 valence electrons. The van der Waals surface area contributed by atoms with E-state index in [9.17, 15) is 4.79 Å². The molecule has 0 atom stereocenters. The molecule has 2 aliphatic heterocycles. The number of aromatic nitrogens is 3. The van der Waals surface area contributed by atoms with Gasteiger partial charge in [-0.15, -0.1) is 11.3 Å². The van der Waals surface area contributed by atoms with Crippen molar-refractivity contribution in [3.63, 3.8) is 0 Å². The number of carbonyl (C=O) groups excluding carboxylic acids is 1. The number of aromatic amines is 1. The van der Waals surface area contributed by atoms with Crippen molar-refractivity contribution in [2.24, 2.45) is 0 Å². The van der Waals surface area contributed by atoms with E-state index in [0.717, 1.165) is 65.0 Å². The molecule has 0 amide bonds. The molecule has 1 N–H and O–H groups in total. The van der Waals surface area contributed by atoms with Crippen molar-refractivity contribution in [2.45, 2.75) is 6.92 Å². The second kappa shape index (κ2) is 11.9. The Hall–Kier alpha value is -2.30. The zero-order valence-electron chi connectivity index (χ0n) is 21.0. The first-order valence-electron chi connectivity index (χ1n) is 12.3. The number of ether oxygens (including phenoxy) is 2. The van der Waals surface area contributed by atoms with Crippen molar-refractivity contribution in [3.05, 3.63) is 82.0 Å². The predicted molar refractivity (Wildman–Crippen MR) is 188 cm³/mol. The van der Waals surface area contributed by atoms with Crippen LogP contribution in [-0.4, -0.2) is 34.1 Å². The lowest BCUT2D eigenvalue weighted by atomic mass is 10.1. The van der Waals surface area contributed by atoms with Crippen molar-refractivity contribution in [3.8, 4) is 16.9 Å². The van der Waals surface area contributed by atoms with Gasteiger partial charge in [-0.25, -0.2) is 14.8 Å². The summed E-state index contributed by atoms with van der Waals surface area (Å²) in [5.74, 6) is 0.226. The van der Waals surface area contributed by atoms with Crippen LogP contribution in [0.2, 0.25) is 0 Å². The molecule has 40 heavy (non-hydrogen) atoms. The number of hydrogen-bond donors (Lipinski definition) is 1. The predicted octanol–water partition coefficient (Wildman–Crippen LogP) is 8.81. The van der Waals surface area contributed by atoms with E-state index in [-0.39, 0.29) is 12.6 Å². The van der Waals surface area contributed by atoms with Gasteiger partial charge in [-0.3, -0.25) is 0 Å². The normalized spacial score (nSPS) is 12.1. The Morgan fingerprint density at radius 1 is 0.775 bits per heavy atom. The fourth-order valence-corrected chi connectivity index (χ4v) is 7.42. The van der Waals surface area contributed by atoms with Crippen LogP contribution in [0.15, 0.2) is 48.5 Å². The van der Waals surface area contributed by atoms with Gasteiger partial charge in [0.05, 0.1) is 45.6 Å². The monoisotopic (exact) mass is 883 g/mol. The SMILES string of the molecule is CCOC(=O)COc1ccc(-c2c3ccc([nH]3)c(I)c3nc(c(I)c4nc(c(I)c5ccc2s5)C=C4)C=C3)cc1. The molecular formula is C30H20I3N3O3S. The van der Waals surface area contributed by atoms with E-state index in [1.165, 1.54) is 0 Å². The number of rotatable bonds is 5. The summed E-state index contributed by atoms with van der Waals surface area (Å²) in [5.41, 5.74) is 7.82. The van der Waals surface area contributed by atoms with Crippen molar-refractivity contribution in [1.29, 1.82) is 0 Å². The van der Waals surface area contributed by atoms with E-state index in [1.807, 2.05) is 24.3 Å². The van der Waals surface area contributed by atoms with Crippen LogP contribution in [0.25, 0.3) is 55.9 Å². The Morgan fingerprint density at radius 2 is 1.38 bits per heavy atom. The molecule has 6 nitrogen and oxygen atoms in total. The topological polar surface area (TPSA) is 77.1 Å². The Kier molecular flexibility index (Phi) is 8.28. The maximum atomic E-state index is 11.7. The van der Waals surface area contributed by atoms with Gasteiger partial charge < -0.3 is 14.5 Å². The first-order chi connectivity index (χ1) is 19.4. The number of nitrogens with zero attached hydrogens (tertiary/aromatic N) is 2. The summed E-state index contributed by atoms with van der Waals surface area (Å²) < 4.78 is 16.0. The van der Waals surface area contributed by atoms with Gasteiger partial charge in [0.2, 0.25) is 0 Å². The maximum absolute atomic E-state index is 11.7. The van der Waals surface area contributed by atoms with Gasteiger partial charge in [0, 0.05) is 20.5 Å². The Balaban J connectivity index is 1.57. The summed E-state index contributed by atoms with van der Waals surface area (Å²) in [6.07, 6.45) is 8.24. The molecule has 0 saturated heterocycles. The first kappa shape index (κ1) is 27.8. The molecule has 8 bridgehead atoms. The summed E-state index contributed by atoms with van der Waals surface area (Å²) in [4.78, 5) is 25.2. The number of H-pyrrole nitrogens is 1. The molecule has 3 aromatic heterocycles. The molecule has 4 aromatic rings. The second-order valence-electron chi connectivity index (χ2n) is 8.82. The number of benzene rings is 1. The third kappa shape index (κ3) is 5.59. The second-order valence-corrected chi connectivity index (χ2v) is 13.1. The largest absolute Gasteiger partial charge is 0.482 e. The quantitative estimate of drug-likeness (QED) is 0.139. The van der Waals surface area contributed by atoms with Gasteiger partial charge >= 0.3 is 5.97 Å². The average molecular weight is 883 g/mol. The summed E-state index contributed by atoms with van der Waals surface area (Å²) in [7, 11) is 0. The van der Waals surface area contributed by atoms with E-state index >= 15 is 0 Å². The number of fused-ring (bicyclic) bond motifs is 8. The number of nitrogens with one attached hydrogen (secondary N) is 1. The van der Waals surface area contributed by atoms with Crippen molar-refractivity contribution < 1.29 is 14.3 Å². The van der Waals surface area contributed by atoms with Gasteiger partial charge in [-0.1, -0.05) is 12.1 Å². The highest BCUT2D eigenvalue weighted by Gasteiger charge is 2.15.